The molecular weight excluding hydrogens is 338 g/mol. The number of rotatable bonds is 5. The summed E-state index contributed by atoms with van der Waals surface area (Å²) in [4.78, 5) is 36.1. The van der Waals surface area contributed by atoms with Crippen LogP contribution in [0.25, 0.3) is 0 Å². The Hall–Kier alpha value is -3.42. The second-order valence-corrected chi connectivity index (χ2v) is 5.79. The third kappa shape index (κ3) is 3.49. The summed E-state index contributed by atoms with van der Waals surface area (Å²) in [6.07, 6.45) is -0.770. The second-order valence-electron chi connectivity index (χ2n) is 5.79. The molecule has 26 heavy (non-hydrogen) atoms. The number of esters is 1. The van der Waals surface area contributed by atoms with Crippen LogP contribution in [0.3, 0.4) is 0 Å². The zero-order chi connectivity index (χ0) is 18.7. The van der Waals surface area contributed by atoms with Gasteiger partial charge >= 0.3 is 12.0 Å². The third-order valence-corrected chi connectivity index (χ3v) is 4.13. The number of carbonyl (C=O) groups is 2. The summed E-state index contributed by atoms with van der Waals surface area (Å²) >= 11 is 0. The fourth-order valence-electron chi connectivity index (χ4n) is 2.79. The average Bonchev–Trinajstić information content (AvgIpc) is 3.07. The highest BCUT2D eigenvalue weighted by atomic mass is 16.6. The van der Waals surface area contributed by atoms with Crippen molar-refractivity contribution in [1.82, 2.24) is 5.32 Å². The number of ether oxygens (including phenoxy) is 1. The maximum absolute atomic E-state index is 12.3. The molecule has 134 valence electrons. The van der Waals surface area contributed by atoms with Gasteiger partial charge in [-0.2, -0.15) is 0 Å². The Morgan fingerprint density at radius 3 is 2.54 bits per heavy atom. The van der Waals surface area contributed by atoms with Gasteiger partial charge in [-0.1, -0.05) is 12.1 Å². The van der Waals surface area contributed by atoms with E-state index in [0.717, 1.165) is 0 Å². The van der Waals surface area contributed by atoms with E-state index in [-0.39, 0.29) is 11.7 Å². The number of nitro benzene ring substituents is 1. The highest BCUT2D eigenvalue weighted by Crippen LogP contribution is 2.28. The van der Waals surface area contributed by atoms with Crippen LogP contribution in [0.5, 0.6) is 0 Å². The minimum Gasteiger partial charge on any atom is -0.454 e. The number of hydrogen-bond acceptors (Lipinski definition) is 5. The molecule has 1 fully saturated rings. The van der Waals surface area contributed by atoms with E-state index in [9.17, 15) is 19.7 Å². The molecule has 2 aromatic rings. The Balaban J connectivity index is 1.72. The van der Waals surface area contributed by atoms with Crippen molar-refractivity contribution in [3.05, 3.63) is 69.8 Å². The largest absolute Gasteiger partial charge is 0.454 e. The molecule has 2 aromatic carbocycles. The van der Waals surface area contributed by atoms with E-state index >= 15 is 0 Å². The van der Waals surface area contributed by atoms with Crippen molar-refractivity contribution in [2.75, 3.05) is 18.0 Å². The van der Waals surface area contributed by atoms with Gasteiger partial charge in [-0.25, -0.2) is 9.59 Å². The molecule has 1 aliphatic heterocycles. The molecule has 0 spiro atoms. The Morgan fingerprint density at radius 2 is 1.92 bits per heavy atom. The molecule has 0 unspecified atom stereocenters. The first-order valence-corrected chi connectivity index (χ1v) is 8.07. The first kappa shape index (κ1) is 17.4. The van der Waals surface area contributed by atoms with E-state index in [1.807, 2.05) is 0 Å². The maximum atomic E-state index is 12.3. The predicted molar refractivity (Wildman–Crippen MR) is 94.1 cm³/mol. The molecule has 1 aliphatic rings. The first-order valence-electron chi connectivity index (χ1n) is 8.07. The van der Waals surface area contributed by atoms with Gasteiger partial charge in [0.2, 0.25) is 0 Å². The highest BCUT2D eigenvalue weighted by Gasteiger charge is 2.23. The van der Waals surface area contributed by atoms with Gasteiger partial charge in [0.15, 0.2) is 0 Å². The number of anilines is 1. The lowest BCUT2D eigenvalue weighted by molar-refractivity contribution is -0.386. The molecule has 2 amide bonds. The van der Waals surface area contributed by atoms with E-state index in [1.54, 1.807) is 54.3 Å². The summed E-state index contributed by atoms with van der Waals surface area (Å²) in [7, 11) is 0. The maximum Gasteiger partial charge on any atom is 0.338 e. The smallest absolute Gasteiger partial charge is 0.338 e. The summed E-state index contributed by atoms with van der Waals surface area (Å²) in [6, 6.07) is 12.4. The number of para-hydroxylation sites is 1. The van der Waals surface area contributed by atoms with Gasteiger partial charge in [0.05, 0.1) is 16.1 Å². The summed E-state index contributed by atoms with van der Waals surface area (Å²) in [5.74, 6) is -0.590. The third-order valence-electron chi connectivity index (χ3n) is 4.13. The number of amides is 2. The average molecular weight is 355 g/mol. The molecule has 0 bridgehead atoms. The number of carbonyl (C=O) groups excluding carboxylic acids is 2. The van der Waals surface area contributed by atoms with Crippen LogP contribution < -0.4 is 10.2 Å². The van der Waals surface area contributed by atoms with Crippen molar-refractivity contribution in [2.45, 2.75) is 13.0 Å². The Morgan fingerprint density at radius 1 is 1.23 bits per heavy atom. The lowest BCUT2D eigenvalue weighted by Crippen LogP contribution is -2.27. The summed E-state index contributed by atoms with van der Waals surface area (Å²) in [5.41, 5.74) is 1.22. The molecule has 1 N–H and O–H groups in total. The van der Waals surface area contributed by atoms with Crippen LogP contribution in [0.15, 0.2) is 48.5 Å². The molecule has 0 radical (unpaired) electrons. The second kappa shape index (κ2) is 7.22. The van der Waals surface area contributed by atoms with Crippen LogP contribution in [0.4, 0.5) is 16.2 Å². The Labute approximate surface area is 149 Å². The summed E-state index contributed by atoms with van der Waals surface area (Å²) in [5, 5.41) is 13.8. The standard InChI is InChI=1S/C18H17N3O5/c1-12(15-4-2-3-5-16(15)21(24)25)26-17(22)13-6-8-14(9-7-13)20-11-10-19-18(20)23/h2-9,12H,10-11H2,1H3,(H,19,23)/t12-/m1/s1. The van der Waals surface area contributed by atoms with Crippen LogP contribution in [0.1, 0.15) is 28.9 Å². The van der Waals surface area contributed by atoms with Crippen LogP contribution in [0, 0.1) is 10.1 Å². The van der Waals surface area contributed by atoms with Gasteiger partial charge in [0, 0.05) is 24.8 Å². The molecule has 0 saturated carbocycles. The predicted octanol–water partition coefficient (Wildman–Crippen LogP) is 3.04. The van der Waals surface area contributed by atoms with Crippen molar-refractivity contribution in [3.8, 4) is 0 Å². The minimum absolute atomic E-state index is 0.0943. The SMILES string of the molecule is C[C@@H](OC(=O)c1ccc(N2CCNC2=O)cc1)c1ccccc1[N+](=O)[O-]. The van der Waals surface area contributed by atoms with Gasteiger partial charge in [0.1, 0.15) is 6.10 Å². The lowest BCUT2D eigenvalue weighted by atomic mass is 10.1. The van der Waals surface area contributed by atoms with Crippen molar-refractivity contribution < 1.29 is 19.2 Å². The highest BCUT2D eigenvalue weighted by molar-refractivity contribution is 5.95. The first-order chi connectivity index (χ1) is 12.5. The van der Waals surface area contributed by atoms with Crippen molar-refractivity contribution in [2.24, 2.45) is 0 Å². The normalized spacial score (nSPS) is 14.7. The number of nitro groups is 1. The van der Waals surface area contributed by atoms with Gasteiger partial charge in [0.25, 0.3) is 5.69 Å². The van der Waals surface area contributed by atoms with Crippen molar-refractivity contribution in [1.29, 1.82) is 0 Å². The van der Waals surface area contributed by atoms with E-state index in [4.69, 9.17) is 4.74 Å². The molecule has 1 heterocycles. The number of nitrogens with one attached hydrogen (secondary N) is 1. The molecule has 0 aliphatic carbocycles. The van der Waals surface area contributed by atoms with Crippen molar-refractivity contribution in [3.63, 3.8) is 0 Å². The lowest BCUT2D eigenvalue weighted by Gasteiger charge is -2.16. The minimum atomic E-state index is -0.770. The van der Waals surface area contributed by atoms with Crippen LogP contribution in [-0.4, -0.2) is 30.0 Å². The zero-order valence-electron chi connectivity index (χ0n) is 14.0. The van der Waals surface area contributed by atoms with Gasteiger partial charge in [-0.15, -0.1) is 0 Å². The van der Waals surface area contributed by atoms with E-state index in [0.29, 0.717) is 29.9 Å². The molecule has 1 atom stereocenters. The van der Waals surface area contributed by atoms with Crippen LogP contribution >= 0.6 is 0 Å². The van der Waals surface area contributed by atoms with E-state index in [2.05, 4.69) is 5.32 Å². The quantitative estimate of drug-likeness (QED) is 0.504. The fourth-order valence-corrected chi connectivity index (χ4v) is 2.79. The number of nitrogens with zero attached hydrogens (tertiary/aromatic N) is 2. The van der Waals surface area contributed by atoms with Crippen LogP contribution in [-0.2, 0) is 4.74 Å². The molecule has 8 heteroatoms. The van der Waals surface area contributed by atoms with E-state index < -0.39 is 17.0 Å². The number of benzene rings is 2. The number of hydrogen-bond donors (Lipinski definition) is 1. The summed E-state index contributed by atoms with van der Waals surface area (Å²) < 4.78 is 5.36. The van der Waals surface area contributed by atoms with E-state index in [1.165, 1.54) is 6.07 Å². The molecule has 0 aromatic heterocycles. The molecule has 8 nitrogen and oxygen atoms in total. The topological polar surface area (TPSA) is 102 Å². The molecule has 1 saturated heterocycles. The fraction of sp³-hybridized carbons (Fsp3) is 0.222. The monoisotopic (exact) mass is 355 g/mol. The Bertz CT molecular complexity index is 850. The van der Waals surface area contributed by atoms with Gasteiger partial charge in [-0.3, -0.25) is 15.0 Å². The van der Waals surface area contributed by atoms with Crippen LogP contribution in [0.2, 0.25) is 0 Å². The summed E-state index contributed by atoms with van der Waals surface area (Å²) in [6.45, 7) is 2.73. The van der Waals surface area contributed by atoms with Crippen molar-refractivity contribution >= 4 is 23.4 Å². The molecular formula is C18H17N3O5. The molecule has 3 rings (SSSR count). The van der Waals surface area contributed by atoms with Gasteiger partial charge < -0.3 is 10.1 Å². The number of urea groups is 1. The van der Waals surface area contributed by atoms with Gasteiger partial charge in [-0.05, 0) is 37.3 Å². The Kier molecular flexibility index (Phi) is 4.83. The zero-order valence-corrected chi connectivity index (χ0v) is 14.0.